The third-order valence-corrected chi connectivity index (χ3v) is 5.32. The molecule has 118 valence electrons. The van der Waals surface area contributed by atoms with E-state index in [1.54, 1.807) is 12.3 Å². The second-order valence-corrected chi connectivity index (χ2v) is 6.64. The molecule has 0 unspecified atom stereocenters. The number of anilines is 1. The number of carbonyl (C=O) groups is 3. The lowest BCUT2D eigenvalue weighted by atomic mass is 9.87. The predicted octanol–water partition coefficient (Wildman–Crippen LogP) is 0.186. The Morgan fingerprint density at radius 3 is 2.77 bits per heavy atom. The molecule has 2 aliphatic heterocycles. The average molecular weight is 323 g/mol. The summed E-state index contributed by atoms with van der Waals surface area (Å²) in [5.74, 6) is -0.965. The van der Waals surface area contributed by atoms with Gasteiger partial charge in [0.25, 0.3) is 11.8 Å². The molecular formula is C14H17N3O4S. The van der Waals surface area contributed by atoms with E-state index in [1.807, 2.05) is 0 Å². The van der Waals surface area contributed by atoms with Crippen molar-refractivity contribution >= 4 is 34.1 Å². The number of fused-ring (bicyclic) bond motifs is 1. The number of carbonyl (C=O) groups excluding carboxylic acids is 3. The molecule has 1 aromatic rings. The van der Waals surface area contributed by atoms with Crippen LogP contribution in [0, 0.1) is 0 Å². The van der Waals surface area contributed by atoms with Gasteiger partial charge in [-0.25, -0.2) is 0 Å². The molecule has 3 amide bonds. The smallest absolute Gasteiger partial charge is 0.256 e. The highest BCUT2D eigenvalue weighted by molar-refractivity contribution is 7.14. The Bertz CT molecular complexity index is 671. The Morgan fingerprint density at radius 1 is 1.41 bits per heavy atom. The van der Waals surface area contributed by atoms with Crippen molar-refractivity contribution in [1.82, 2.24) is 9.80 Å². The Labute approximate surface area is 131 Å². The van der Waals surface area contributed by atoms with Gasteiger partial charge in [-0.05, 0) is 13.3 Å². The molecule has 7 nitrogen and oxygen atoms in total. The lowest BCUT2D eigenvalue weighted by molar-refractivity contribution is -0.158. The fourth-order valence-electron chi connectivity index (χ4n) is 3.09. The molecular weight excluding hydrogens is 306 g/mol. The first-order chi connectivity index (χ1) is 10.4. The van der Waals surface area contributed by atoms with Gasteiger partial charge in [-0.3, -0.25) is 19.3 Å². The molecule has 0 spiro atoms. The number of likely N-dealkylation sites (tertiary alicyclic amines) is 1. The van der Waals surface area contributed by atoms with Gasteiger partial charge < -0.3 is 15.7 Å². The summed E-state index contributed by atoms with van der Waals surface area (Å²) < 4.78 is 0. The van der Waals surface area contributed by atoms with E-state index in [1.165, 1.54) is 16.2 Å². The number of nitrogens with zero attached hydrogens (tertiary/aromatic N) is 2. The number of hydrogen-bond acceptors (Lipinski definition) is 6. The van der Waals surface area contributed by atoms with Crippen LogP contribution in [0.5, 0.6) is 0 Å². The molecule has 0 aromatic carbocycles. The van der Waals surface area contributed by atoms with E-state index in [0.717, 1.165) is 10.5 Å². The van der Waals surface area contributed by atoms with Crippen LogP contribution in [-0.4, -0.2) is 51.3 Å². The third-order valence-electron chi connectivity index (χ3n) is 4.47. The van der Waals surface area contributed by atoms with Crippen LogP contribution in [0.25, 0.3) is 0 Å². The fraction of sp³-hybridized carbons (Fsp3) is 0.500. The highest BCUT2D eigenvalue weighted by Crippen LogP contribution is 2.40. The molecule has 0 aliphatic carbocycles. The predicted molar refractivity (Wildman–Crippen MR) is 80.0 cm³/mol. The SMILES string of the molecule is C[C@]1(N2Cc3c(csc3N)C2=O)CCC(=O)N(CCO)C1=O. The van der Waals surface area contributed by atoms with E-state index in [2.05, 4.69) is 0 Å². The van der Waals surface area contributed by atoms with Crippen molar-refractivity contribution in [2.45, 2.75) is 31.8 Å². The van der Waals surface area contributed by atoms with Crippen molar-refractivity contribution in [1.29, 1.82) is 0 Å². The maximum atomic E-state index is 12.7. The van der Waals surface area contributed by atoms with Crippen molar-refractivity contribution in [3.05, 3.63) is 16.5 Å². The minimum absolute atomic E-state index is 0.0430. The summed E-state index contributed by atoms with van der Waals surface area (Å²) in [4.78, 5) is 39.7. The van der Waals surface area contributed by atoms with E-state index in [4.69, 9.17) is 10.8 Å². The van der Waals surface area contributed by atoms with Crippen molar-refractivity contribution in [2.24, 2.45) is 0 Å². The van der Waals surface area contributed by atoms with Gasteiger partial charge in [-0.1, -0.05) is 0 Å². The second kappa shape index (κ2) is 5.06. The van der Waals surface area contributed by atoms with Gasteiger partial charge in [0.1, 0.15) is 5.54 Å². The van der Waals surface area contributed by atoms with E-state index in [0.29, 0.717) is 10.6 Å². The number of rotatable bonds is 3. The lowest BCUT2D eigenvalue weighted by Gasteiger charge is -2.43. The van der Waals surface area contributed by atoms with Gasteiger partial charge in [0.2, 0.25) is 5.91 Å². The van der Waals surface area contributed by atoms with Crippen LogP contribution in [0.1, 0.15) is 35.7 Å². The first-order valence-corrected chi connectivity index (χ1v) is 7.91. The summed E-state index contributed by atoms with van der Waals surface area (Å²) in [5, 5.41) is 11.3. The minimum atomic E-state index is -1.08. The topological polar surface area (TPSA) is 104 Å². The number of hydrogen-bond donors (Lipinski definition) is 2. The zero-order chi connectivity index (χ0) is 16.1. The monoisotopic (exact) mass is 323 g/mol. The number of aliphatic hydroxyl groups excluding tert-OH is 1. The Kier molecular flexibility index (Phi) is 3.45. The quantitative estimate of drug-likeness (QED) is 0.773. The number of imide groups is 1. The largest absolute Gasteiger partial charge is 0.395 e. The van der Waals surface area contributed by atoms with E-state index >= 15 is 0 Å². The molecule has 3 N–H and O–H groups in total. The molecule has 8 heteroatoms. The molecule has 3 rings (SSSR count). The summed E-state index contributed by atoms with van der Waals surface area (Å²) in [6, 6.07) is 0. The van der Waals surface area contributed by atoms with Crippen LogP contribution >= 0.6 is 11.3 Å². The second-order valence-electron chi connectivity index (χ2n) is 5.73. The molecule has 0 radical (unpaired) electrons. The maximum Gasteiger partial charge on any atom is 0.256 e. The van der Waals surface area contributed by atoms with Crippen molar-refractivity contribution in [3.63, 3.8) is 0 Å². The highest BCUT2D eigenvalue weighted by atomic mass is 32.1. The van der Waals surface area contributed by atoms with Crippen LogP contribution in [0.15, 0.2) is 5.38 Å². The number of nitrogen functional groups attached to an aromatic ring is 1. The molecule has 2 aliphatic rings. The standard InChI is InChI=1S/C14H17N3O4S/c1-14(3-2-10(19)16(4-5-18)13(14)21)17-6-8-9(12(17)20)7-22-11(8)15/h7,18H,2-6,15H2,1H3/t14-/m0/s1. The van der Waals surface area contributed by atoms with E-state index in [-0.39, 0.29) is 44.4 Å². The van der Waals surface area contributed by atoms with Crippen molar-refractivity contribution < 1.29 is 19.5 Å². The number of nitrogens with two attached hydrogens (primary N) is 1. The van der Waals surface area contributed by atoms with Gasteiger partial charge >= 0.3 is 0 Å². The number of thiophene rings is 1. The molecule has 3 heterocycles. The van der Waals surface area contributed by atoms with Gasteiger partial charge in [-0.15, -0.1) is 11.3 Å². The van der Waals surface area contributed by atoms with Crippen LogP contribution in [0.2, 0.25) is 0 Å². The summed E-state index contributed by atoms with van der Waals surface area (Å²) in [6.45, 7) is 1.63. The Morgan fingerprint density at radius 2 is 2.14 bits per heavy atom. The zero-order valence-electron chi connectivity index (χ0n) is 12.2. The van der Waals surface area contributed by atoms with Gasteiger partial charge in [0, 0.05) is 17.4 Å². The lowest BCUT2D eigenvalue weighted by Crippen LogP contribution is -2.62. The zero-order valence-corrected chi connectivity index (χ0v) is 13.0. The summed E-state index contributed by atoms with van der Waals surface area (Å²) in [6.07, 6.45) is 0.459. The fourth-order valence-corrected chi connectivity index (χ4v) is 3.89. The first kappa shape index (κ1) is 15.0. The van der Waals surface area contributed by atoms with E-state index in [9.17, 15) is 14.4 Å². The Balaban J connectivity index is 1.92. The van der Waals surface area contributed by atoms with Crippen molar-refractivity contribution in [2.75, 3.05) is 18.9 Å². The normalized spacial score (nSPS) is 25.1. The molecule has 1 atom stereocenters. The first-order valence-electron chi connectivity index (χ1n) is 7.03. The molecule has 1 aromatic heterocycles. The molecule has 1 saturated heterocycles. The molecule has 22 heavy (non-hydrogen) atoms. The Hall–Kier alpha value is -1.93. The minimum Gasteiger partial charge on any atom is -0.395 e. The van der Waals surface area contributed by atoms with E-state index < -0.39 is 11.4 Å². The van der Waals surface area contributed by atoms with Crippen LogP contribution < -0.4 is 5.73 Å². The molecule has 0 saturated carbocycles. The van der Waals surface area contributed by atoms with Crippen LogP contribution in [-0.2, 0) is 16.1 Å². The van der Waals surface area contributed by atoms with Crippen LogP contribution in [0.3, 0.4) is 0 Å². The van der Waals surface area contributed by atoms with Crippen molar-refractivity contribution in [3.8, 4) is 0 Å². The third kappa shape index (κ3) is 1.94. The summed E-state index contributed by atoms with van der Waals surface area (Å²) in [7, 11) is 0. The molecule has 0 bridgehead atoms. The van der Waals surface area contributed by atoms with Gasteiger partial charge in [0.05, 0.1) is 30.3 Å². The number of piperidine rings is 1. The summed E-state index contributed by atoms with van der Waals surface area (Å²) in [5.41, 5.74) is 6.10. The van der Waals surface area contributed by atoms with Crippen LogP contribution in [0.4, 0.5) is 5.00 Å². The molecule has 1 fully saturated rings. The number of aliphatic hydroxyl groups is 1. The van der Waals surface area contributed by atoms with Gasteiger partial charge in [0.15, 0.2) is 0 Å². The number of amides is 3. The van der Waals surface area contributed by atoms with Gasteiger partial charge in [-0.2, -0.15) is 0 Å². The average Bonchev–Trinajstić information content (AvgIpc) is 3.01. The number of β-amino-alcohol motifs (C(OH)–C–C–N with tert-alkyl or cyclic N) is 1. The summed E-state index contributed by atoms with van der Waals surface area (Å²) >= 11 is 1.32. The maximum absolute atomic E-state index is 12.7. The highest BCUT2D eigenvalue weighted by Gasteiger charge is 2.51.